The molecule has 0 spiro atoms. The van der Waals surface area contributed by atoms with Crippen molar-refractivity contribution >= 4 is 26.7 Å². The number of amides is 1. The summed E-state index contributed by atoms with van der Waals surface area (Å²) in [6.45, 7) is 0.391. The van der Waals surface area contributed by atoms with Crippen molar-refractivity contribution in [2.45, 2.75) is 18.7 Å². The molecule has 5 nitrogen and oxygen atoms in total. The third-order valence-corrected chi connectivity index (χ3v) is 4.79. The lowest BCUT2D eigenvalue weighted by molar-refractivity contribution is -0.120. The number of rotatable bonds is 6. The maximum atomic E-state index is 12.2. The Morgan fingerprint density at radius 3 is 2.15 bits per heavy atom. The van der Waals surface area contributed by atoms with Crippen LogP contribution >= 0.6 is 0 Å². The fraction of sp³-hybridized carbons (Fsp3) is 0.150. The molecule has 1 amide bonds. The van der Waals surface area contributed by atoms with Gasteiger partial charge in [-0.25, -0.2) is 13.6 Å². The van der Waals surface area contributed by atoms with E-state index in [-0.39, 0.29) is 11.7 Å². The van der Waals surface area contributed by atoms with Crippen molar-refractivity contribution in [2.75, 3.05) is 0 Å². The molecule has 0 aliphatic rings. The molecule has 26 heavy (non-hydrogen) atoms. The van der Waals surface area contributed by atoms with Gasteiger partial charge in [0.2, 0.25) is 15.9 Å². The first kappa shape index (κ1) is 18.1. The molecule has 0 unspecified atom stereocenters. The van der Waals surface area contributed by atoms with E-state index in [1.807, 2.05) is 42.5 Å². The SMILES string of the molecule is NS(=O)(=O)Cc1ccc(CNC(=O)Cc2ccc3ccccc3c2)cc1. The maximum Gasteiger partial charge on any atom is 0.224 e. The van der Waals surface area contributed by atoms with Crippen LogP contribution in [0.2, 0.25) is 0 Å². The molecular weight excluding hydrogens is 348 g/mol. The molecule has 0 saturated heterocycles. The van der Waals surface area contributed by atoms with Crippen LogP contribution in [-0.4, -0.2) is 14.3 Å². The van der Waals surface area contributed by atoms with Crippen molar-refractivity contribution in [3.63, 3.8) is 0 Å². The normalized spacial score (nSPS) is 11.4. The van der Waals surface area contributed by atoms with Crippen LogP contribution in [0.1, 0.15) is 16.7 Å². The Kier molecular flexibility index (Phi) is 5.35. The van der Waals surface area contributed by atoms with E-state index in [9.17, 15) is 13.2 Å². The quantitative estimate of drug-likeness (QED) is 0.700. The van der Waals surface area contributed by atoms with Crippen LogP contribution in [0, 0.1) is 0 Å². The van der Waals surface area contributed by atoms with Gasteiger partial charge in [0, 0.05) is 6.54 Å². The number of sulfonamides is 1. The summed E-state index contributed by atoms with van der Waals surface area (Å²) in [5.74, 6) is -0.254. The highest BCUT2D eigenvalue weighted by molar-refractivity contribution is 7.88. The first-order chi connectivity index (χ1) is 12.4. The van der Waals surface area contributed by atoms with Crippen LogP contribution in [0.3, 0.4) is 0 Å². The summed E-state index contributed by atoms with van der Waals surface area (Å²) < 4.78 is 22.2. The first-order valence-electron chi connectivity index (χ1n) is 8.22. The van der Waals surface area contributed by atoms with Crippen molar-refractivity contribution in [3.8, 4) is 0 Å². The molecule has 0 radical (unpaired) electrons. The average Bonchev–Trinajstić information content (AvgIpc) is 2.60. The topological polar surface area (TPSA) is 89.3 Å². The van der Waals surface area contributed by atoms with Crippen LogP contribution in [0.25, 0.3) is 10.8 Å². The minimum absolute atomic E-state index is 0.0612. The van der Waals surface area contributed by atoms with Crippen LogP contribution in [-0.2, 0) is 33.5 Å². The van der Waals surface area contributed by atoms with Crippen molar-refractivity contribution < 1.29 is 13.2 Å². The molecule has 0 saturated carbocycles. The highest BCUT2D eigenvalue weighted by Gasteiger charge is 2.06. The van der Waals surface area contributed by atoms with Gasteiger partial charge in [-0.15, -0.1) is 0 Å². The maximum absolute atomic E-state index is 12.2. The molecule has 0 fully saturated rings. The van der Waals surface area contributed by atoms with E-state index in [1.165, 1.54) is 0 Å². The lowest BCUT2D eigenvalue weighted by Crippen LogP contribution is -2.24. The van der Waals surface area contributed by atoms with Crippen LogP contribution in [0.4, 0.5) is 0 Å². The molecule has 3 aromatic carbocycles. The molecule has 6 heteroatoms. The number of hydrogen-bond acceptors (Lipinski definition) is 3. The molecule has 0 heterocycles. The highest BCUT2D eigenvalue weighted by atomic mass is 32.2. The van der Waals surface area contributed by atoms with Gasteiger partial charge in [-0.05, 0) is 27.5 Å². The third-order valence-electron chi connectivity index (χ3n) is 4.06. The Morgan fingerprint density at radius 1 is 0.846 bits per heavy atom. The molecule has 0 atom stereocenters. The van der Waals surface area contributed by atoms with Crippen LogP contribution in [0.15, 0.2) is 66.7 Å². The molecular formula is C20H20N2O3S. The average molecular weight is 368 g/mol. The number of hydrogen-bond donors (Lipinski definition) is 2. The number of primary sulfonamides is 1. The Balaban J connectivity index is 1.56. The summed E-state index contributed by atoms with van der Waals surface area (Å²) >= 11 is 0. The number of fused-ring (bicyclic) bond motifs is 1. The third kappa shape index (κ3) is 5.15. The highest BCUT2D eigenvalue weighted by Crippen LogP contribution is 2.16. The fourth-order valence-electron chi connectivity index (χ4n) is 2.78. The van der Waals surface area contributed by atoms with Crippen LogP contribution < -0.4 is 10.5 Å². The van der Waals surface area contributed by atoms with Gasteiger partial charge in [-0.2, -0.15) is 0 Å². The molecule has 0 bridgehead atoms. The van der Waals surface area contributed by atoms with Gasteiger partial charge in [0.1, 0.15) is 0 Å². The van der Waals surface area contributed by atoms with E-state index >= 15 is 0 Å². The van der Waals surface area contributed by atoms with Crippen LogP contribution in [0.5, 0.6) is 0 Å². The standard InChI is InChI=1S/C20H20N2O3S/c21-26(24,25)14-16-7-5-15(6-8-16)13-22-20(23)12-17-9-10-18-3-1-2-4-19(18)11-17/h1-11H,12-14H2,(H,22,23)(H2,21,24,25). The second-order valence-electron chi connectivity index (χ2n) is 6.26. The minimum Gasteiger partial charge on any atom is -0.352 e. The summed E-state index contributed by atoms with van der Waals surface area (Å²) in [4.78, 5) is 12.2. The van der Waals surface area contributed by atoms with Crippen molar-refractivity contribution in [1.82, 2.24) is 5.32 Å². The van der Waals surface area contributed by atoms with Gasteiger partial charge in [0.15, 0.2) is 0 Å². The fourth-order valence-corrected chi connectivity index (χ4v) is 3.44. The molecule has 3 aromatic rings. The van der Waals surface area contributed by atoms with Gasteiger partial charge in [-0.3, -0.25) is 4.79 Å². The lowest BCUT2D eigenvalue weighted by atomic mass is 10.0. The Hall–Kier alpha value is -2.70. The monoisotopic (exact) mass is 368 g/mol. The smallest absolute Gasteiger partial charge is 0.224 e. The molecule has 0 aromatic heterocycles. The second kappa shape index (κ2) is 7.68. The molecule has 0 aliphatic carbocycles. The Morgan fingerprint density at radius 2 is 1.46 bits per heavy atom. The van der Waals surface area contributed by atoms with Gasteiger partial charge < -0.3 is 5.32 Å². The van der Waals surface area contributed by atoms with Crippen molar-refractivity contribution in [2.24, 2.45) is 5.14 Å². The van der Waals surface area contributed by atoms with Gasteiger partial charge >= 0.3 is 0 Å². The molecule has 0 aliphatic heterocycles. The summed E-state index contributed by atoms with van der Waals surface area (Å²) in [6, 6.07) is 21.0. The van der Waals surface area contributed by atoms with Gasteiger partial charge in [0.05, 0.1) is 12.2 Å². The largest absolute Gasteiger partial charge is 0.352 e. The number of benzene rings is 3. The summed E-state index contributed by atoms with van der Waals surface area (Å²) in [7, 11) is -3.54. The van der Waals surface area contributed by atoms with Gasteiger partial charge in [-0.1, -0.05) is 66.7 Å². The van der Waals surface area contributed by atoms with E-state index in [1.54, 1.807) is 24.3 Å². The number of carbonyl (C=O) groups excluding carboxylic acids is 1. The van der Waals surface area contributed by atoms with E-state index in [0.717, 1.165) is 21.9 Å². The molecule has 3 rings (SSSR count). The summed E-state index contributed by atoms with van der Waals surface area (Å²) in [5.41, 5.74) is 2.48. The number of nitrogens with two attached hydrogens (primary N) is 1. The van der Waals surface area contributed by atoms with Crippen molar-refractivity contribution in [3.05, 3.63) is 83.4 Å². The zero-order valence-electron chi connectivity index (χ0n) is 14.2. The minimum atomic E-state index is -3.54. The van der Waals surface area contributed by atoms with E-state index in [0.29, 0.717) is 18.5 Å². The predicted octanol–water partition coefficient (Wildman–Crippen LogP) is 2.49. The van der Waals surface area contributed by atoms with E-state index in [4.69, 9.17) is 5.14 Å². The Bertz CT molecular complexity index is 1030. The van der Waals surface area contributed by atoms with Crippen molar-refractivity contribution in [1.29, 1.82) is 0 Å². The van der Waals surface area contributed by atoms with E-state index < -0.39 is 10.0 Å². The number of carbonyl (C=O) groups is 1. The second-order valence-corrected chi connectivity index (χ2v) is 7.87. The molecule has 3 N–H and O–H groups in total. The number of nitrogens with one attached hydrogen (secondary N) is 1. The predicted molar refractivity (Wildman–Crippen MR) is 103 cm³/mol. The summed E-state index contributed by atoms with van der Waals surface area (Å²) in [6.07, 6.45) is 0.314. The first-order valence-corrected chi connectivity index (χ1v) is 9.93. The summed E-state index contributed by atoms with van der Waals surface area (Å²) in [5, 5.41) is 10.2. The zero-order valence-corrected chi connectivity index (χ0v) is 15.0. The lowest BCUT2D eigenvalue weighted by Gasteiger charge is -2.07. The zero-order chi connectivity index (χ0) is 18.6. The van der Waals surface area contributed by atoms with Gasteiger partial charge in [0.25, 0.3) is 0 Å². The molecule has 134 valence electrons. The Labute approximate surface area is 152 Å². The van der Waals surface area contributed by atoms with E-state index in [2.05, 4.69) is 5.32 Å².